The Morgan fingerprint density at radius 3 is 2.28 bits per heavy atom. The summed E-state index contributed by atoms with van der Waals surface area (Å²) in [5.74, 6) is -0.803. The first-order valence-corrected chi connectivity index (χ1v) is 7.56. The Kier molecular flexibility index (Phi) is 9.82. The summed E-state index contributed by atoms with van der Waals surface area (Å²) < 4.78 is 5.08. The summed E-state index contributed by atoms with van der Waals surface area (Å²) in [6.45, 7) is 4.70. The van der Waals surface area contributed by atoms with Crippen LogP contribution in [-0.4, -0.2) is 46.9 Å². The first-order chi connectivity index (χ1) is 11.5. The molecule has 0 aromatic heterocycles. The van der Waals surface area contributed by atoms with Crippen molar-refractivity contribution >= 4 is 11.9 Å². The Bertz CT molecular complexity index is 476. The van der Waals surface area contributed by atoms with Gasteiger partial charge in [0.2, 0.25) is 5.91 Å². The van der Waals surface area contributed by atoms with E-state index in [4.69, 9.17) is 4.74 Å². The van der Waals surface area contributed by atoms with Crippen molar-refractivity contribution in [3.63, 3.8) is 0 Å². The van der Waals surface area contributed by atoms with E-state index in [1.165, 1.54) is 0 Å². The van der Waals surface area contributed by atoms with Gasteiger partial charge in [-0.25, -0.2) is 0 Å². The molecule has 0 aromatic rings. The van der Waals surface area contributed by atoms with Crippen molar-refractivity contribution in [2.24, 2.45) is 0 Å². The Morgan fingerprint density at radius 2 is 1.76 bits per heavy atom. The van der Waals surface area contributed by atoms with Crippen LogP contribution in [0.15, 0.2) is 0 Å². The van der Waals surface area contributed by atoms with Gasteiger partial charge in [-0.2, -0.15) is 0 Å². The minimum absolute atomic E-state index is 0.0182. The highest BCUT2D eigenvalue weighted by molar-refractivity contribution is 5.77. The third kappa shape index (κ3) is 14.7. The second-order valence-corrected chi connectivity index (χ2v) is 6.05. The molecule has 0 spiro atoms. The van der Waals surface area contributed by atoms with Gasteiger partial charge >= 0.3 is 5.97 Å². The number of carbonyl (C=O) groups excluding carboxylic acids is 2. The summed E-state index contributed by atoms with van der Waals surface area (Å²) >= 11 is 0. The van der Waals surface area contributed by atoms with Gasteiger partial charge in [-0.05, 0) is 33.6 Å². The number of hydrogen-bond donors (Lipinski definition) is 1. The number of rotatable bonds is 12. The molecule has 1 N–H and O–H groups in total. The molecule has 0 bridgehead atoms. The predicted molar refractivity (Wildman–Crippen MR) is 82.1 cm³/mol. The van der Waals surface area contributed by atoms with Crippen LogP contribution in [0.2, 0.25) is 0 Å². The molecule has 0 aromatic carbocycles. The second-order valence-electron chi connectivity index (χ2n) is 6.05. The van der Waals surface area contributed by atoms with Crippen molar-refractivity contribution in [3.8, 4) is 0 Å². The van der Waals surface area contributed by atoms with E-state index in [2.05, 4.69) is 15.0 Å². The molecule has 1 amide bonds. The fraction of sp³-hybridized carbons (Fsp3) is 0.846. The number of nitrogens with zero attached hydrogens (tertiary/aromatic N) is 2. The first-order valence-electron chi connectivity index (χ1n) is 7.56. The highest BCUT2D eigenvalue weighted by atomic mass is 17.0. The van der Waals surface area contributed by atoms with Crippen LogP contribution >= 0.6 is 0 Å². The molecule has 0 rings (SSSR count). The molecule has 25 heavy (non-hydrogen) atoms. The zero-order chi connectivity index (χ0) is 19.5. The number of amides is 1. The van der Waals surface area contributed by atoms with Gasteiger partial charge in [-0.1, -0.05) is 0 Å². The molecule has 0 aliphatic heterocycles. The molecule has 0 aliphatic carbocycles. The Balaban J connectivity index is 4.00. The molecule has 0 radical (unpaired) electrons. The highest BCUT2D eigenvalue weighted by Crippen LogP contribution is 2.08. The minimum Gasteiger partial charge on any atom is -0.460 e. The van der Waals surface area contributed by atoms with Crippen molar-refractivity contribution in [2.45, 2.75) is 58.2 Å². The molecule has 1 atom stereocenters. The third-order valence-corrected chi connectivity index (χ3v) is 2.60. The lowest BCUT2D eigenvalue weighted by Gasteiger charge is -2.19. The topological polar surface area (TPSA) is 160 Å². The lowest BCUT2D eigenvalue weighted by atomic mass is 10.1. The van der Waals surface area contributed by atoms with Gasteiger partial charge in [0.25, 0.3) is 10.2 Å². The average molecular weight is 365 g/mol. The Hall–Kier alpha value is -2.66. The van der Waals surface area contributed by atoms with Crippen LogP contribution in [0.25, 0.3) is 0 Å². The molecule has 1 unspecified atom stereocenters. The Morgan fingerprint density at radius 1 is 1.12 bits per heavy atom. The molecule has 0 fully saturated rings. The smallest absolute Gasteiger partial charge is 0.308 e. The van der Waals surface area contributed by atoms with Gasteiger partial charge in [0.15, 0.2) is 0 Å². The summed E-state index contributed by atoms with van der Waals surface area (Å²) in [5.41, 5.74) is -0.598. The number of hydrogen-bond acceptors (Lipinski definition) is 9. The van der Waals surface area contributed by atoms with Crippen molar-refractivity contribution in [1.82, 2.24) is 5.32 Å². The van der Waals surface area contributed by atoms with E-state index in [0.717, 1.165) is 0 Å². The van der Waals surface area contributed by atoms with Gasteiger partial charge in [-0.15, -0.1) is 20.2 Å². The molecule has 0 aliphatic rings. The monoisotopic (exact) mass is 365 g/mol. The number of ether oxygens (including phenoxy) is 1. The van der Waals surface area contributed by atoms with Crippen molar-refractivity contribution in [1.29, 1.82) is 0 Å². The zero-order valence-corrected chi connectivity index (χ0v) is 14.4. The van der Waals surface area contributed by atoms with Crippen LogP contribution in [0.5, 0.6) is 0 Å². The summed E-state index contributed by atoms with van der Waals surface area (Å²) in [6, 6.07) is 0. The van der Waals surface area contributed by atoms with Crippen molar-refractivity contribution in [3.05, 3.63) is 20.2 Å². The van der Waals surface area contributed by atoms with Gasteiger partial charge in [0.1, 0.15) is 18.3 Å². The van der Waals surface area contributed by atoms with Crippen LogP contribution in [0.3, 0.4) is 0 Å². The quantitative estimate of drug-likeness (QED) is 0.299. The van der Waals surface area contributed by atoms with Gasteiger partial charge in [-0.3, -0.25) is 9.59 Å². The summed E-state index contributed by atoms with van der Waals surface area (Å²) in [4.78, 5) is 51.7. The average Bonchev–Trinajstić information content (AvgIpc) is 2.41. The maximum absolute atomic E-state index is 11.6. The summed E-state index contributed by atoms with van der Waals surface area (Å²) in [5, 5.41) is 20.7. The standard InChI is InChI=1S/C13H23N3O9/c1-13(2,3)24-12(18)7-8-14-11(17)6-4-5-10(25-16(21)22)9-23-15(19)20/h10H,4-9H2,1-3H3,(H,14,17). The van der Waals surface area contributed by atoms with E-state index >= 15 is 0 Å². The molecule has 0 heterocycles. The van der Waals surface area contributed by atoms with Crippen LogP contribution in [0, 0.1) is 20.2 Å². The SMILES string of the molecule is CC(C)(C)OC(=O)CCNC(=O)CCCC(CO[N+](=O)[O-])O[N+](=O)[O-]. The van der Waals surface area contributed by atoms with Crippen molar-refractivity contribution < 1.29 is 34.2 Å². The van der Waals surface area contributed by atoms with Crippen LogP contribution in [0.1, 0.15) is 46.5 Å². The van der Waals surface area contributed by atoms with Crippen LogP contribution in [-0.2, 0) is 24.0 Å². The zero-order valence-electron chi connectivity index (χ0n) is 14.4. The number of esters is 1. The molecule has 0 saturated heterocycles. The maximum Gasteiger partial charge on any atom is 0.308 e. The van der Waals surface area contributed by atoms with Crippen LogP contribution < -0.4 is 5.32 Å². The fourth-order valence-electron chi connectivity index (χ4n) is 1.71. The Labute approximate surface area is 144 Å². The summed E-state index contributed by atoms with van der Waals surface area (Å²) in [6.07, 6.45) is -0.890. The van der Waals surface area contributed by atoms with Gasteiger partial charge in [0, 0.05) is 13.0 Å². The van der Waals surface area contributed by atoms with E-state index in [1.807, 2.05) is 0 Å². The second kappa shape index (κ2) is 11.0. The number of nitrogens with one attached hydrogen (secondary N) is 1. The minimum atomic E-state index is -1.14. The molecule has 12 nitrogen and oxygen atoms in total. The van der Waals surface area contributed by atoms with E-state index < -0.39 is 34.5 Å². The molecular formula is C13H23N3O9. The molecular weight excluding hydrogens is 342 g/mol. The van der Waals surface area contributed by atoms with E-state index in [0.29, 0.717) is 0 Å². The van der Waals surface area contributed by atoms with E-state index in [1.54, 1.807) is 20.8 Å². The van der Waals surface area contributed by atoms with E-state index in [-0.39, 0.29) is 38.1 Å². The third-order valence-electron chi connectivity index (χ3n) is 2.60. The van der Waals surface area contributed by atoms with Crippen molar-refractivity contribution in [2.75, 3.05) is 13.2 Å². The summed E-state index contributed by atoms with van der Waals surface area (Å²) in [7, 11) is 0. The number of carbonyl (C=O) groups is 2. The van der Waals surface area contributed by atoms with Gasteiger partial charge < -0.3 is 19.7 Å². The molecule has 144 valence electrons. The predicted octanol–water partition coefficient (Wildman–Crippen LogP) is 0.790. The molecule has 12 heteroatoms. The fourth-order valence-corrected chi connectivity index (χ4v) is 1.71. The van der Waals surface area contributed by atoms with Crippen LogP contribution in [0.4, 0.5) is 0 Å². The lowest BCUT2D eigenvalue weighted by molar-refractivity contribution is -0.790. The first kappa shape index (κ1) is 22.3. The largest absolute Gasteiger partial charge is 0.460 e. The maximum atomic E-state index is 11.6. The molecule has 0 saturated carbocycles. The normalized spacial score (nSPS) is 12.0. The highest BCUT2D eigenvalue weighted by Gasteiger charge is 2.17. The van der Waals surface area contributed by atoms with Gasteiger partial charge in [0.05, 0.1) is 6.42 Å². The lowest BCUT2D eigenvalue weighted by Crippen LogP contribution is -2.30. The van der Waals surface area contributed by atoms with E-state index in [9.17, 15) is 29.8 Å².